The summed E-state index contributed by atoms with van der Waals surface area (Å²) in [7, 11) is 3.78. The lowest BCUT2D eigenvalue weighted by Crippen LogP contribution is -2.16. The van der Waals surface area contributed by atoms with Crippen molar-refractivity contribution in [3.63, 3.8) is 0 Å². The summed E-state index contributed by atoms with van der Waals surface area (Å²) in [5.41, 5.74) is 7.36. The monoisotopic (exact) mass is 279 g/mol. The first-order valence-electron chi connectivity index (χ1n) is 5.91. The third kappa shape index (κ3) is 2.73. The average molecular weight is 279 g/mol. The Labute approximate surface area is 116 Å². The largest absolute Gasteiger partial charge is 0.389 e. The molecule has 2 heterocycles. The number of nitrogens with two attached hydrogens (primary N) is 1. The van der Waals surface area contributed by atoms with Crippen molar-refractivity contribution >= 4 is 23.0 Å². The Bertz CT molecular complexity index is 598. The van der Waals surface area contributed by atoms with Crippen molar-refractivity contribution in [3.05, 3.63) is 23.4 Å². The van der Waals surface area contributed by atoms with Gasteiger partial charge in [-0.05, 0) is 6.92 Å². The molecule has 2 aromatic heterocycles. The van der Waals surface area contributed by atoms with Gasteiger partial charge in [0.05, 0.1) is 11.3 Å². The van der Waals surface area contributed by atoms with E-state index >= 15 is 0 Å². The summed E-state index contributed by atoms with van der Waals surface area (Å²) < 4.78 is 3.64. The van der Waals surface area contributed by atoms with Crippen molar-refractivity contribution in [3.8, 4) is 0 Å². The van der Waals surface area contributed by atoms with Gasteiger partial charge in [-0.1, -0.05) is 12.2 Å². The lowest BCUT2D eigenvalue weighted by atomic mass is 10.2. The fourth-order valence-electron chi connectivity index (χ4n) is 1.98. The van der Waals surface area contributed by atoms with E-state index in [9.17, 15) is 0 Å². The normalized spacial score (nSPS) is 10.7. The van der Waals surface area contributed by atoms with Gasteiger partial charge < -0.3 is 15.6 Å². The topological polar surface area (TPSA) is 86.6 Å². The van der Waals surface area contributed by atoms with Gasteiger partial charge in [-0.25, -0.2) is 0 Å². The van der Waals surface area contributed by atoms with Crippen LogP contribution >= 0.6 is 12.2 Å². The molecule has 0 aliphatic carbocycles. The van der Waals surface area contributed by atoms with E-state index in [-0.39, 0.29) is 0 Å². The number of anilines is 1. The van der Waals surface area contributed by atoms with Crippen molar-refractivity contribution in [2.75, 3.05) is 11.9 Å². The summed E-state index contributed by atoms with van der Waals surface area (Å²) in [5.74, 6) is 1.76. The van der Waals surface area contributed by atoms with E-state index in [0.29, 0.717) is 11.5 Å². The molecule has 0 aliphatic rings. The maximum atomic E-state index is 5.73. The minimum atomic E-state index is 0.353. The van der Waals surface area contributed by atoms with E-state index in [0.717, 1.165) is 29.3 Å². The molecule has 0 radical (unpaired) electrons. The number of thiocarbonyl (C=S) groups is 1. The van der Waals surface area contributed by atoms with Gasteiger partial charge in [0.1, 0.15) is 23.0 Å². The molecule has 19 heavy (non-hydrogen) atoms. The molecule has 0 amide bonds. The molecule has 0 fully saturated rings. The Morgan fingerprint density at radius 3 is 2.79 bits per heavy atom. The summed E-state index contributed by atoms with van der Waals surface area (Å²) in [6.45, 7) is 2.60. The second-order valence-electron chi connectivity index (χ2n) is 4.33. The van der Waals surface area contributed by atoms with Crippen LogP contribution in [-0.4, -0.2) is 36.1 Å². The van der Waals surface area contributed by atoms with Crippen molar-refractivity contribution in [2.24, 2.45) is 19.8 Å². The lowest BCUT2D eigenvalue weighted by molar-refractivity contribution is 0.747. The molecule has 7 nitrogen and oxygen atoms in total. The maximum Gasteiger partial charge on any atom is 0.134 e. The van der Waals surface area contributed by atoms with Gasteiger partial charge in [0.15, 0.2) is 0 Å². The van der Waals surface area contributed by atoms with Crippen LogP contribution in [0.5, 0.6) is 0 Å². The summed E-state index contributed by atoms with van der Waals surface area (Å²) >= 11 is 5.06. The van der Waals surface area contributed by atoms with Crippen molar-refractivity contribution < 1.29 is 0 Å². The maximum absolute atomic E-state index is 5.73. The van der Waals surface area contributed by atoms with Crippen LogP contribution in [0.1, 0.15) is 17.1 Å². The van der Waals surface area contributed by atoms with Gasteiger partial charge in [0.2, 0.25) is 0 Å². The molecule has 0 bridgehead atoms. The van der Waals surface area contributed by atoms with E-state index in [1.54, 1.807) is 11.0 Å². The fourth-order valence-corrected chi connectivity index (χ4v) is 2.23. The number of rotatable bonds is 5. The zero-order chi connectivity index (χ0) is 14.0. The van der Waals surface area contributed by atoms with Crippen LogP contribution in [0.4, 0.5) is 5.82 Å². The summed E-state index contributed by atoms with van der Waals surface area (Å²) in [6.07, 6.45) is 2.45. The Hall–Kier alpha value is -1.96. The quantitative estimate of drug-likeness (QED) is 0.757. The zero-order valence-corrected chi connectivity index (χ0v) is 12.0. The second kappa shape index (κ2) is 5.35. The molecule has 3 N–H and O–H groups in total. The fraction of sp³-hybridized carbons (Fsp3) is 0.455. The molecule has 0 aliphatic heterocycles. The number of aromatic nitrogens is 5. The predicted molar refractivity (Wildman–Crippen MR) is 77.0 cm³/mol. The smallest absolute Gasteiger partial charge is 0.134 e. The van der Waals surface area contributed by atoms with Gasteiger partial charge in [-0.15, -0.1) is 10.2 Å². The Morgan fingerprint density at radius 2 is 2.21 bits per heavy atom. The Balaban J connectivity index is 2.08. The molecule has 0 unspecified atom stereocenters. The molecule has 2 aromatic rings. The van der Waals surface area contributed by atoms with E-state index in [1.165, 1.54) is 0 Å². The van der Waals surface area contributed by atoms with Crippen molar-refractivity contribution in [2.45, 2.75) is 13.3 Å². The SMILES string of the molecule is Cc1nn(C)c(NCCc2nncn2C)c1C(N)=S. The van der Waals surface area contributed by atoms with E-state index in [4.69, 9.17) is 18.0 Å². The molecule has 0 spiro atoms. The third-order valence-corrected chi connectivity index (χ3v) is 3.12. The van der Waals surface area contributed by atoms with Crippen LogP contribution in [0.3, 0.4) is 0 Å². The Kier molecular flexibility index (Phi) is 3.79. The number of nitrogens with zero attached hydrogens (tertiary/aromatic N) is 5. The number of aryl methyl sites for hydroxylation is 3. The van der Waals surface area contributed by atoms with Crippen LogP contribution in [-0.2, 0) is 20.5 Å². The van der Waals surface area contributed by atoms with Crippen LogP contribution < -0.4 is 11.1 Å². The highest BCUT2D eigenvalue weighted by Gasteiger charge is 2.15. The third-order valence-electron chi connectivity index (χ3n) is 2.91. The molecule has 0 saturated heterocycles. The summed E-state index contributed by atoms with van der Waals surface area (Å²) in [5, 5.41) is 15.5. The highest BCUT2D eigenvalue weighted by Crippen LogP contribution is 2.18. The molecule has 8 heteroatoms. The first kappa shape index (κ1) is 13.5. The van der Waals surface area contributed by atoms with Crippen LogP contribution in [0.25, 0.3) is 0 Å². The lowest BCUT2D eigenvalue weighted by Gasteiger charge is -2.08. The Morgan fingerprint density at radius 1 is 1.47 bits per heavy atom. The predicted octanol–water partition coefficient (Wildman–Crippen LogP) is 0.146. The number of hydrogen-bond donors (Lipinski definition) is 2. The van der Waals surface area contributed by atoms with Gasteiger partial charge >= 0.3 is 0 Å². The number of nitrogens with one attached hydrogen (secondary N) is 1. The van der Waals surface area contributed by atoms with Crippen molar-refractivity contribution in [1.29, 1.82) is 0 Å². The van der Waals surface area contributed by atoms with Crippen molar-refractivity contribution in [1.82, 2.24) is 24.5 Å². The highest BCUT2D eigenvalue weighted by atomic mass is 32.1. The van der Waals surface area contributed by atoms with Gasteiger partial charge in [0.25, 0.3) is 0 Å². The second-order valence-corrected chi connectivity index (χ2v) is 4.77. The first-order chi connectivity index (χ1) is 9.00. The molecular formula is C11H17N7S. The van der Waals surface area contributed by atoms with Gasteiger partial charge in [-0.2, -0.15) is 5.10 Å². The average Bonchev–Trinajstić information content (AvgIpc) is 2.84. The van der Waals surface area contributed by atoms with Gasteiger partial charge in [-0.3, -0.25) is 4.68 Å². The molecular weight excluding hydrogens is 262 g/mol. The van der Waals surface area contributed by atoms with Crippen LogP contribution in [0.15, 0.2) is 6.33 Å². The molecule has 2 rings (SSSR count). The van der Waals surface area contributed by atoms with Gasteiger partial charge in [0, 0.05) is 27.1 Å². The highest BCUT2D eigenvalue weighted by molar-refractivity contribution is 7.80. The summed E-state index contributed by atoms with van der Waals surface area (Å²) in [6, 6.07) is 0. The number of hydrogen-bond acceptors (Lipinski definition) is 5. The van der Waals surface area contributed by atoms with Crippen LogP contribution in [0.2, 0.25) is 0 Å². The van der Waals surface area contributed by atoms with Crippen LogP contribution in [0, 0.1) is 6.92 Å². The molecule has 102 valence electrons. The summed E-state index contributed by atoms with van der Waals surface area (Å²) in [4.78, 5) is 0.353. The molecule has 0 aromatic carbocycles. The first-order valence-corrected chi connectivity index (χ1v) is 6.31. The van der Waals surface area contributed by atoms with E-state index in [2.05, 4.69) is 20.6 Å². The minimum absolute atomic E-state index is 0.353. The molecule has 0 atom stereocenters. The zero-order valence-electron chi connectivity index (χ0n) is 11.2. The standard InChI is InChI=1S/C11H17N7S/c1-7-9(10(12)19)11(18(3)16-7)13-5-4-8-15-14-6-17(8)2/h6,13H,4-5H2,1-3H3,(H2,12,19). The minimum Gasteiger partial charge on any atom is -0.389 e. The van der Waals surface area contributed by atoms with E-state index < -0.39 is 0 Å². The molecule has 0 saturated carbocycles. The van der Waals surface area contributed by atoms with E-state index in [1.807, 2.05) is 25.6 Å².